The Morgan fingerprint density at radius 2 is 1.67 bits per heavy atom. The maximum absolute atomic E-state index is 3.72. The first-order valence-corrected chi connectivity index (χ1v) is 8.11. The van der Waals surface area contributed by atoms with Crippen molar-refractivity contribution >= 4 is 0 Å². The van der Waals surface area contributed by atoms with Gasteiger partial charge >= 0.3 is 0 Å². The number of hydrogen-bond donors (Lipinski definition) is 1. The largest absolute Gasteiger partial charge is 0.310 e. The predicted octanol–water partition coefficient (Wildman–Crippen LogP) is 4.84. The number of hydrogen-bond acceptors (Lipinski definition) is 1. The molecule has 1 atom stereocenters. The van der Waals surface area contributed by atoms with E-state index >= 15 is 0 Å². The second kappa shape index (κ2) is 7.99. The van der Waals surface area contributed by atoms with Gasteiger partial charge in [-0.15, -0.1) is 0 Å². The molecule has 0 saturated carbocycles. The van der Waals surface area contributed by atoms with Crippen LogP contribution >= 0.6 is 0 Å². The van der Waals surface area contributed by atoms with Gasteiger partial charge in [-0.25, -0.2) is 0 Å². The molecule has 2 aromatic rings. The minimum absolute atomic E-state index is 0.406. The summed E-state index contributed by atoms with van der Waals surface area (Å²) in [5.41, 5.74) is 5.64. The molecule has 0 aromatic heterocycles. The van der Waals surface area contributed by atoms with Crippen LogP contribution in [0.4, 0.5) is 0 Å². The standard InChI is InChI=1S/C20H27N/c1-4-14-21-20(15-17-12-10-16(3)11-13-17)19-9-7-6-8-18(19)5-2/h6-13,20-21H,4-5,14-15H2,1-3H3. The SMILES string of the molecule is CCCNC(Cc1ccc(C)cc1)c1ccccc1CC. The van der Waals surface area contributed by atoms with Crippen molar-refractivity contribution < 1.29 is 0 Å². The Bertz CT molecular complexity index is 542. The van der Waals surface area contributed by atoms with E-state index in [1.807, 2.05) is 0 Å². The van der Waals surface area contributed by atoms with E-state index in [9.17, 15) is 0 Å². The van der Waals surface area contributed by atoms with Crippen molar-refractivity contribution in [2.75, 3.05) is 6.54 Å². The van der Waals surface area contributed by atoms with Gasteiger partial charge in [0.1, 0.15) is 0 Å². The lowest BCUT2D eigenvalue weighted by atomic mass is 9.93. The molecule has 0 saturated heterocycles. The molecule has 1 heteroatoms. The van der Waals surface area contributed by atoms with Crippen LogP contribution in [-0.4, -0.2) is 6.54 Å². The summed E-state index contributed by atoms with van der Waals surface area (Å²) in [5.74, 6) is 0. The van der Waals surface area contributed by atoms with Gasteiger partial charge in [-0.3, -0.25) is 0 Å². The van der Waals surface area contributed by atoms with E-state index in [-0.39, 0.29) is 0 Å². The van der Waals surface area contributed by atoms with Gasteiger partial charge in [-0.2, -0.15) is 0 Å². The normalized spacial score (nSPS) is 12.3. The number of aryl methyl sites for hydroxylation is 2. The van der Waals surface area contributed by atoms with Crippen molar-refractivity contribution in [3.05, 3.63) is 70.8 Å². The van der Waals surface area contributed by atoms with E-state index in [1.54, 1.807) is 0 Å². The molecule has 2 rings (SSSR count). The molecule has 0 radical (unpaired) electrons. The lowest BCUT2D eigenvalue weighted by Crippen LogP contribution is -2.25. The van der Waals surface area contributed by atoms with Gasteiger partial charge in [-0.05, 0) is 49.4 Å². The summed E-state index contributed by atoms with van der Waals surface area (Å²) >= 11 is 0. The molecule has 1 N–H and O–H groups in total. The van der Waals surface area contributed by atoms with E-state index < -0.39 is 0 Å². The summed E-state index contributed by atoms with van der Waals surface area (Å²) in [6, 6.07) is 18.2. The molecule has 0 spiro atoms. The molecule has 0 aliphatic heterocycles. The molecule has 2 aromatic carbocycles. The molecule has 0 amide bonds. The first-order valence-electron chi connectivity index (χ1n) is 8.11. The van der Waals surface area contributed by atoms with Crippen LogP contribution in [0, 0.1) is 6.92 Å². The topological polar surface area (TPSA) is 12.0 Å². The maximum atomic E-state index is 3.72. The van der Waals surface area contributed by atoms with Crippen LogP contribution in [0.3, 0.4) is 0 Å². The number of rotatable bonds is 7. The zero-order valence-electron chi connectivity index (χ0n) is 13.5. The molecule has 112 valence electrons. The number of nitrogens with one attached hydrogen (secondary N) is 1. The molecular formula is C20H27N. The zero-order chi connectivity index (χ0) is 15.1. The molecule has 0 heterocycles. The fourth-order valence-corrected chi connectivity index (χ4v) is 2.77. The van der Waals surface area contributed by atoms with Crippen LogP contribution in [0.1, 0.15) is 48.6 Å². The third-order valence-electron chi connectivity index (χ3n) is 4.01. The zero-order valence-corrected chi connectivity index (χ0v) is 13.5. The van der Waals surface area contributed by atoms with Gasteiger partial charge in [0.2, 0.25) is 0 Å². The lowest BCUT2D eigenvalue weighted by molar-refractivity contribution is 0.526. The highest BCUT2D eigenvalue weighted by Gasteiger charge is 2.14. The van der Waals surface area contributed by atoms with Gasteiger partial charge in [-0.1, -0.05) is 67.9 Å². The second-order valence-electron chi connectivity index (χ2n) is 5.75. The Labute approximate surface area is 129 Å². The van der Waals surface area contributed by atoms with E-state index in [2.05, 4.69) is 74.6 Å². The van der Waals surface area contributed by atoms with Crippen LogP contribution in [0.5, 0.6) is 0 Å². The summed E-state index contributed by atoms with van der Waals surface area (Å²) in [4.78, 5) is 0. The van der Waals surface area contributed by atoms with Crippen molar-refractivity contribution in [1.82, 2.24) is 5.32 Å². The van der Waals surface area contributed by atoms with Crippen molar-refractivity contribution in [3.63, 3.8) is 0 Å². The third kappa shape index (κ3) is 4.44. The van der Waals surface area contributed by atoms with E-state index in [0.29, 0.717) is 6.04 Å². The van der Waals surface area contributed by atoms with E-state index in [4.69, 9.17) is 0 Å². The highest BCUT2D eigenvalue weighted by molar-refractivity contribution is 5.32. The van der Waals surface area contributed by atoms with Crippen molar-refractivity contribution in [2.24, 2.45) is 0 Å². The van der Waals surface area contributed by atoms with Crippen molar-refractivity contribution in [1.29, 1.82) is 0 Å². The van der Waals surface area contributed by atoms with Crippen LogP contribution in [0.15, 0.2) is 48.5 Å². The van der Waals surface area contributed by atoms with Crippen LogP contribution in [-0.2, 0) is 12.8 Å². The van der Waals surface area contributed by atoms with Crippen LogP contribution in [0.2, 0.25) is 0 Å². The molecule has 0 bridgehead atoms. The van der Waals surface area contributed by atoms with Gasteiger partial charge in [0, 0.05) is 6.04 Å². The Morgan fingerprint density at radius 1 is 0.952 bits per heavy atom. The highest BCUT2D eigenvalue weighted by atomic mass is 14.9. The smallest absolute Gasteiger partial charge is 0.0363 e. The third-order valence-corrected chi connectivity index (χ3v) is 4.01. The fraction of sp³-hybridized carbons (Fsp3) is 0.400. The molecular weight excluding hydrogens is 254 g/mol. The van der Waals surface area contributed by atoms with Gasteiger partial charge in [0.15, 0.2) is 0 Å². The summed E-state index contributed by atoms with van der Waals surface area (Å²) in [7, 11) is 0. The molecule has 0 fully saturated rings. The predicted molar refractivity (Wildman–Crippen MR) is 91.7 cm³/mol. The van der Waals surface area contributed by atoms with Gasteiger partial charge in [0.25, 0.3) is 0 Å². The van der Waals surface area contributed by atoms with E-state index in [1.165, 1.54) is 28.7 Å². The highest BCUT2D eigenvalue weighted by Crippen LogP contribution is 2.23. The molecule has 1 unspecified atom stereocenters. The Morgan fingerprint density at radius 3 is 2.33 bits per heavy atom. The molecule has 0 aliphatic carbocycles. The summed E-state index contributed by atoms with van der Waals surface area (Å²) < 4.78 is 0. The minimum atomic E-state index is 0.406. The summed E-state index contributed by atoms with van der Waals surface area (Å²) in [6.45, 7) is 7.67. The Kier molecular flexibility index (Phi) is 6.01. The van der Waals surface area contributed by atoms with Crippen molar-refractivity contribution in [2.45, 2.75) is 46.1 Å². The van der Waals surface area contributed by atoms with E-state index in [0.717, 1.165) is 19.4 Å². The van der Waals surface area contributed by atoms with Crippen LogP contribution < -0.4 is 5.32 Å². The Balaban J connectivity index is 2.23. The fourth-order valence-electron chi connectivity index (χ4n) is 2.77. The first-order chi connectivity index (χ1) is 10.2. The molecule has 1 nitrogen and oxygen atoms in total. The monoisotopic (exact) mass is 281 g/mol. The minimum Gasteiger partial charge on any atom is -0.310 e. The molecule has 21 heavy (non-hydrogen) atoms. The lowest BCUT2D eigenvalue weighted by Gasteiger charge is -2.22. The van der Waals surface area contributed by atoms with Gasteiger partial charge in [0.05, 0.1) is 0 Å². The number of benzene rings is 2. The average Bonchev–Trinajstić information content (AvgIpc) is 2.53. The average molecular weight is 281 g/mol. The summed E-state index contributed by atoms with van der Waals surface area (Å²) in [6.07, 6.45) is 3.31. The Hall–Kier alpha value is -1.60. The van der Waals surface area contributed by atoms with Crippen molar-refractivity contribution in [3.8, 4) is 0 Å². The summed E-state index contributed by atoms with van der Waals surface area (Å²) in [5, 5.41) is 3.72. The maximum Gasteiger partial charge on any atom is 0.0363 e. The first kappa shape index (κ1) is 15.8. The molecule has 0 aliphatic rings. The quantitative estimate of drug-likeness (QED) is 0.765. The van der Waals surface area contributed by atoms with Crippen LogP contribution in [0.25, 0.3) is 0 Å². The second-order valence-corrected chi connectivity index (χ2v) is 5.75. The van der Waals surface area contributed by atoms with Gasteiger partial charge < -0.3 is 5.32 Å².